The van der Waals surface area contributed by atoms with Crippen LogP contribution in [0.4, 0.5) is 5.82 Å². The van der Waals surface area contributed by atoms with Crippen molar-refractivity contribution in [2.75, 3.05) is 18.0 Å². The summed E-state index contributed by atoms with van der Waals surface area (Å²) < 4.78 is 6.92. The Labute approximate surface area is 104 Å². The lowest BCUT2D eigenvalue weighted by molar-refractivity contribution is -0.00536. The Morgan fingerprint density at radius 1 is 1.29 bits per heavy atom. The van der Waals surface area contributed by atoms with Gasteiger partial charge in [0, 0.05) is 13.1 Å². The van der Waals surface area contributed by atoms with Gasteiger partial charge in [-0.3, -0.25) is 0 Å². The Hall–Kier alpha value is -1.20. The molecule has 1 aliphatic rings. The highest BCUT2D eigenvalue weighted by atomic mass is 32.1. The van der Waals surface area contributed by atoms with Crippen LogP contribution in [0.5, 0.6) is 0 Å². The molecule has 5 heteroatoms. The van der Waals surface area contributed by atoms with Crippen molar-refractivity contribution < 1.29 is 4.74 Å². The van der Waals surface area contributed by atoms with Crippen molar-refractivity contribution in [2.45, 2.75) is 26.1 Å². The fourth-order valence-corrected chi connectivity index (χ4v) is 3.21. The van der Waals surface area contributed by atoms with Crippen LogP contribution in [0.3, 0.4) is 0 Å². The molecule has 17 heavy (non-hydrogen) atoms. The van der Waals surface area contributed by atoms with Gasteiger partial charge in [-0.1, -0.05) is 0 Å². The maximum atomic E-state index is 5.75. The summed E-state index contributed by atoms with van der Waals surface area (Å²) in [6.45, 7) is 6.01. The maximum absolute atomic E-state index is 5.75. The molecule has 0 amide bonds. The van der Waals surface area contributed by atoms with Crippen molar-refractivity contribution >= 4 is 27.4 Å². The van der Waals surface area contributed by atoms with Crippen LogP contribution in [-0.4, -0.2) is 35.3 Å². The highest BCUT2D eigenvalue weighted by molar-refractivity contribution is 7.17. The number of ether oxygens (including phenoxy) is 1. The van der Waals surface area contributed by atoms with Crippen molar-refractivity contribution in [2.24, 2.45) is 0 Å². The number of aromatic nitrogens is 2. The minimum atomic E-state index is 0.253. The molecule has 0 aliphatic carbocycles. The molecule has 0 bridgehead atoms. The zero-order valence-electron chi connectivity index (χ0n) is 9.96. The van der Waals surface area contributed by atoms with Crippen molar-refractivity contribution in [3.8, 4) is 0 Å². The summed E-state index contributed by atoms with van der Waals surface area (Å²) in [4.78, 5) is 11.0. The number of thiophene rings is 1. The number of anilines is 1. The van der Waals surface area contributed by atoms with Gasteiger partial charge in [0.2, 0.25) is 0 Å². The molecule has 0 aromatic carbocycles. The normalized spacial score (nSPS) is 25.4. The van der Waals surface area contributed by atoms with Gasteiger partial charge in [0.15, 0.2) is 0 Å². The molecule has 0 spiro atoms. The topological polar surface area (TPSA) is 38.2 Å². The van der Waals surface area contributed by atoms with E-state index in [0.717, 1.165) is 24.4 Å². The van der Waals surface area contributed by atoms with Gasteiger partial charge in [-0.15, -0.1) is 11.3 Å². The van der Waals surface area contributed by atoms with Gasteiger partial charge in [0.1, 0.15) is 12.1 Å². The van der Waals surface area contributed by atoms with Gasteiger partial charge in [-0.2, -0.15) is 0 Å². The van der Waals surface area contributed by atoms with E-state index in [1.165, 1.54) is 4.70 Å². The lowest BCUT2D eigenvalue weighted by Gasteiger charge is -2.36. The first-order valence-corrected chi connectivity index (χ1v) is 6.70. The van der Waals surface area contributed by atoms with Crippen LogP contribution in [0.15, 0.2) is 17.8 Å². The van der Waals surface area contributed by atoms with E-state index in [4.69, 9.17) is 4.74 Å². The molecule has 0 radical (unpaired) electrons. The third-order valence-electron chi connectivity index (χ3n) is 2.94. The second-order valence-corrected chi connectivity index (χ2v) is 5.41. The van der Waals surface area contributed by atoms with E-state index in [0.29, 0.717) is 0 Å². The van der Waals surface area contributed by atoms with Gasteiger partial charge >= 0.3 is 0 Å². The van der Waals surface area contributed by atoms with Crippen LogP contribution in [-0.2, 0) is 4.74 Å². The number of hydrogen-bond acceptors (Lipinski definition) is 5. The minimum Gasteiger partial charge on any atom is -0.372 e. The van der Waals surface area contributed by atoms with E-state index in [9.17, 15) is 0 Å². The Bertz CT molecular complexity index is 517. The molecule has 0 N–H and O–H groups in total. The number of morpholine rings is 1. The molecule has 3 rings (SSSR count). The summed E-state index contributed by atoms with van der Waals surface area (Å²) in [7, 11) is 0. The van der Waals surface area contributed by atoms with Gasteiger partial charge in [0.25, 0.3) is 0 Å². The molecule has 1 aliphatic heterocycles. The molecule has 2 aromatic heterocycles. The van der Waals surface area contributed by atoms with Gasteiger partial charge in [-0.25, -0.2) is 9.97 Å². The largest absolute Gasteiger partial charge is 0.372 e. The first-order valence-electron chi connectivity index (χ1n) is 5.82. The van der Waals surface area contributed by atoms with Crippen LogP contribution in [0.25, 0.3) is 10.2 Å². The van der Waals surface area contributed by atoms with Crippen molar-refractivity contribution in [3.63, 3.8) is 0 Å². The van der Waals surface area contributed by atoms with Crippen LogP contribution in [0, 0.1) is 0 Å². The van der Waals surface area contributed by atoms with Gasteiger partial charge in [-0.05, 0) is 25.3 Å². The lowest BCUT2D eigenvalue weighted by atomic mass is 10.2. The van der Waals surface area contributed by atoms with Crippen LogP contribution in [0.2, 0.25) is 0 Å². The Kier molecular flexibility index (Phi) is 2.72. The van der Waals surface area contributed by atoms with Gasteiger partial charge in [0.05, 0.1) is 22.4 Å². The summed E-state index contributed by atoms with van der Waals surface area (Å²) in [6.07, 6.45) is 2.15. The molecular formula is C12H15N3OS. The number of hydrogen-bond donors (Lipinski definition) is 0. The highest BCUT2D eigenvalue weighted by Crippen LogP contribution is 2.29. The Balaban J connectivity index is 2.00. The molecule has 90 valence electrons. The molecule has 1 saturated heterocycles. The van der Waals surface area contributed by atoms with Gasteiger partial charge < -0.3 is 9.64 Å². The summed E-state index contributed by atoms with van der Waals surface area (Å²) in [6, 6.07) is 2.04. The quantitative estimate of drug-likeness (QED) is 0.777. The van der Waals surface area contributed by atoms with E-state index in [1.807, 2.05) is 6.07 Å². The second kappa shape index (κ2) is 4.23. The van der Waals surface area contributed by atoms with E-state index in [1.54, 1.807) is 17.7 Å². The summed E-state index contributed by atoms with van der Waals surface area (Å²) >= 11 is 1.70. The molecule has 4 nitrogen and oxygen atoms in total. The zero-order chi connectivity index (χ0) is 11.8. The summed E-state index contributed by atoms with van der Waals surface area (Å²) in [5.74, 6) is 1.05. The summed E-state index contributed by atoms with van der Waals surface area (Å²) in [5.41, 5.74) is 1.03. The third-order valence-corrected chi connectivity index (χ3v) is 3.84. The zero-order valence-corrected chi connectivity index (χ0v) is 10.8. The molecular weight excluding hydrogens is 234 g/mol. The van der Waals surface area contributed by atoms with Crippen molar-refractivity contribution in [3.05, 3.63) is 17.8 Å². The number of nitrogens with zero attached hydrogens (tertiary/aromatic N) is 3. The van der Waals surface area contributed by atoms with Crippen LogP contribution < -0.4 is 4.90 Å². The van der Waals surface area contributed by atoms with E-state index in [-0.39, 0.29) is 12.2 Å². The third kappa shape index (κ3) is 2.00. The summed E-state index contributed by atoms with van der Waals surface area (Å²) in [5, 5.41) is 2.07. The minimum absolute atomic E-state index is 0.253. The molecule has 2 aromatic rings. The number of rotatable bonds is 1. The second-order valence-electron chi connectivity index (χ2n) is 4.49. The Morgan fingerprint density at radius 3 is 2.82 bits per heavy atom. The lowest BCUT2D eigenvalue weighted by Crippen LogP contribution is -2.45. The molecule has 0 saturated carbocycles. The standard InChI is InChI=1S/C12H15N3OS/c1-8-5-15(6-9(2)16-8)12-11-10(3-4-17-11)13-7-14-12/h3-4,7-9H,5-6H2,1-2H3/t8-,9+. The molecule has 2 atom stereocenters. The maximum Gasteiger partial charge on any atom is 0.150 e. The highest BCUT2D eigenvalue weighted by Gasteiger charge is 2.24. The molecule has 1 fully saturated rings. The monoisotopic (exact) mass is 249 g/mol. The average molecular weight is 249 g/mol. The Morgan fingerprint density at radius 2 is 2.06 bits per heavy atom. The fourth-order valence-electron chi connectivity index (χ4n) is 2.35. The number of fused-ring (bicyclic) bond motifs is 1. The average Bonchev–Trinajstić information content (AvgIpc) is 2.75. The van der Waals surface area contributed by atoms with Crippen LogP contribution >= 0.6 is 11.3 Å². The SMILES string of the molecule is C[C@@H]1CN(c2ncnc3ccsc23)C[C@H](C)O1. The van der Waals surface area contributed by atoms with Crippen LogP contribution in [0.1, 0.15) is 13.8 Å². The molecule has 3 heterocycles. The first-order chi connectivity index (χ1) is 8.24. The smallest absolute Gasteiger partial charge is 0.150 e. The fraction of sp³-hybridized carbons (Fsp3) is 0.500. The van der Waals surface area contributed by atoms with Crippen molar-refractivity contribution in [1.29, 1.82) is 0 Å². The first kappa shape index (κ1) is 10.9. The molecule has 0 unspecified atom stereocenters. The predicted molar refractivity (Wildman–Crippen MR) is 69.6 cm³/mol. The van der Waals surface area contributed by atoms with E-state index < -0.39 is 0 Å². The van der Waals surface area contributed by atoms with E-state index in [2.05, 4.69) is 34.1 Å². The predicted octanol–water partition coefficient (Wildman–Crippen LogP) is 2.30. The van der Waals surface area contributed by atoms with Crippen molar-refractivity contribution in [1.82, 2.24) is 9.97 Å². The van der Waals surface area contributed by atoms with E-state index >= 15 is 0 Å².